The van der Waals surface area contributed by atoms with Gasteiger partial charge >= 0.3 is 6.18 Å². The van der Waals surface area contributed by atoms with Gasteiger partial charge in [-0.1, -0.05) is 6.07 Å². The number of nitrogens with zero attached hydrogens (tertiary/aromatic N) is 5. The standard InChI is InChI=1S/C24H18F3N5O2/c1-14-3-4-15(10-28-14)21-22-16(5-8-20(29-22)34-13-24(25,26)27)12-32(23(21)33)18-6-7-19-17(9-18)11-31(2)30-19/h3-12H,13H2,1-2H3. The van der Waals surface area contributed by atoms with E-state index in [1.807, 2.05) is 32.3 Å². The lowest BCUT2D eigenvalue weighted by molar-refractivity contribution is -0.154. The van der Waals surface area contributed by atoms with Crippen LogP contribution in [0, 0.1) is 6.92 Å². The fourth-order valence-corrected chi connectivity index (χ4v) is 3.77. The minimum atomic E-state index is -4.51. The van der Waals surface area contributed by atoms with Crippen molar-refractivity contribution in [1.29, 1.82) is 0 Å². The summed E-state index contributed by atoms with van der Waals surface area (Å²) in [5.74, 6) is -0.222. The zero-order valence-corrected chi connectivity index (χ0v) is 18.2. The third-order valence-corrected chi connectivity index (χ3v) is 5.30. The molecule has 0 fully saturated rings. The number of pyridine rings is 3. The molecule has 0 atom stereocenters. The Morgan fingerprint density at radius 2 is 1.85 bits per heavy atom. The Morgan fingerprint density at radius 3 is 2.59 bits per heavy atom. The van der Waals surface area contributed by atoms with Crippen molar-refractivity contribution in [3.05, 3.63) is 77.1 Å². The number of benzene rings is 1. The van der Waals surface area contributed by atoms with Crippen molar-refractivity contribution >= 4 is 21.8 Å². The van der Waals surface area contributed by atoms with Crippen molar-refractivity contribution in [1.82, 2.24) is 24.3 Å². The van der Waals surface area contributed by atoms with E-state index in [1.165, 1.54) is 10.6 Å². The van der Waals surface area contributed by atoms with E-state index < -0.39 is 12.8 Å². The molecule has 0 aliphatic heterocycles. The molecule has 172 valence electrons. The first-order chi connectivity index (χ1) is 16.2. The van der Waals surface area contributed by atoms with Crippen LogP contribution in [0.15, 0.2) is 65.8 Å². The highest BCUT2D eigenvalue weighted by Crippen LogP contribution is 2.28. The second-order valence-corrected chi connectivity index (χ2v) is 7.90. The molecule has 1 aromatic carbocycles. The van der Waals surface area contributed by atoms with E-state index >= 15 is 0 Å². The number of hydrogen-bond donors (Lipinski definition) is 0. The minimum Gasteiger partial charge on any atom is -0.468 e. The monoisotopic (exact) mass is 465 g/mol. The molecule has 0 radical (unpaired) electrons. The Balaban J connectivity index is 1.73. The minimum absolute atomic E-state index is 0.216. The van der Waals surface area contributed by atoms with Crippen LogP contribution >= 0.6 is 0 Å². The van der Waals surface area contributed by atoms with Crippen LogP contribution in [0.25, 0.3) is 38.6 Å². The summed E-state index contributed by atoms with van der Waals surface area (Å²) >= 11 is 0. The van der Waals surface area contributed by atoms with Crippen LogP contribution in [0.2, 0.25) is 0 Å². The molecule has 0 N–H and O–H groups in total. The van der Waals surface area contributed by atoms with Gasteiger partial charge in [0, 0.05) is 59.4 Å². The molecular weight excluding hydrogens is 447 g/mol. The summed E-state index contributed by atoms with van der Waals surface area (Å²) in [4.78, 5) is 22.2. The van der Waals surface area contributed by atoms with E-state index in [1.54, 1.807) is 41.3 Å². The average molecular weight is 465 g/mol. The van der Waals surface area contributed by atoms with Gasteiger partial charge in [-0.15, -0.1) is 0 Å². The molecule has 0 unspecified atom stereocenters. The first-order valence-electron chi connectivity index (χ1n) is 10.3. The largest absolute Gasteiger partial charge is 0.468 e. The summed E-state index contributed by atoms with van der Waals surface area (Å²) in [6.45, 7) is 0.338. The first-order valence-corrected chi connectivity index (χ1v) is 10.3. The molecule has 0 aliphatic carbocycles. The predicted molar refractivity (Wildman–Crippen MR) is 121 cm³/mol. The van der Waals surface area contributed by atoms with Crippen LogP contribution in [-0.2, 0) is 7.05 Å². The Kier molecular flexibility index (Phi) is 5.07. The van der Waals surface area contributed by atoms with Crippen molar-refractivity contribution in [3.63, 3.8) is 0 Å². The second kappa shape index (κ2) is 7.98. The maximum Gasteiger partial charge on any atom is 0.422 e. The molecule has 4 heterocycles. The van der Waals surface area contributed by atoms with Crippen molar-refractivity contribution in [2.24, 2.45) is 7.05 Å². The van der Waals surface area contributed by atoms with E-state index in [0.717, 1.165) is 16.6 Å². The number of ether oxygens (including phenoxy) is 1. The fraction of sp³-hybridized carbons (Fsp3) is 0.167. The zero-order valence-electron chi connectivity index (χ0n) is 18.2. The Bertz CT molecular complexity index is 1590. The lowest BCUT2D eigenvalue weighted by atomic mass is 10.1. The van der Waals surface area contributed by atoms with E-state index in [9.17, 15) is 18.0 Å². The number of fused-ring (bicyclic) bond motifs is 2. The summed E-state index contributed by atoms with van der Waals surface area (Å²) in [7, 11) is 1.81. The molecule has 10 heteroatoms. The summed E-state index contributed by atoms with van der Waals surface area (Å²) in [6, 6.07) is 11.9. The summed E-state index contributed by atoms with van der Waals surface area (Å²) in [5, 5.41) is 5.77. The Hall–Kier alpha value is -4.21. The molecule has 0 aliphatic rings. The smallest absolute Gasteiger partial charge is 0.422 e. The molecule has 0 spiro atoms. The Labute approximate surface area is 191 Å². The number of hydrogen-bond acceptors (Lipinski definition) is 5. The fourth-order valence-electron chi connectivity index (χ4n) is 3.77. The van der Waals surface area contributed by atoms with Gasteiger partial charge in [0.15, 0.2) is 6.61 Å². The van der Waals surface area contributed by atoms with E-state index in [-0.39, 0.29) is 22.5 Å². The third kappa shape index (κ3) is 4.09. The molecule has 7 nitrogen and oxygen atoms in total. The molecule has 4 aromatic heterocycles. The van der Waals surface area contributed by atoms with Crippen LogP contribution in [0.4, 0.5) is 13.2 Å². The molecule has 34 heavy (non-hydrogen) atoms. The Morgan fingerprint density at radius 1 is 1.03 bits per heavy atom. The second-order valence-electron chi connectivity index (χ2n) is 7.90. The molecule has 0 saturated carbocycles. The van der Waals surface area contributed by atoms with Gasteiger partial charge in [0.1, 0.15) is 0 Å². The summed E-state index contributed by atoms with van der Waals surface area (Å²) < 4.78 is 45.9. The van der Waals surface area contributed by atoms with Gasteiger partial charge in [0.2, 0.25) is 5.88 Å². The lowest BCUT2D eigenvalue weighted by Crippen LogP contribution is -2.21. The van der Waals surface area contributed by atoms with Crippen LogP contribution in [-0.4, -0.2) is 37.1 Å². The van der Waals surface area contributed by atoms with E-state index in [4.69, 9.17) is 4.74 Å². The van der Waals surface area contributed by atoms with Crippen molar-refractivity contribution in [2.45, 2.75) is 13.1 Å². The van der Waals surface area contributed by atoms with Gasteiger partial charge < -0.3 is 4.74 Å². The lowest BCUT2D eigenvalue weighted by Gasteiger charge is -2.14. The van der Waals surface area contributed by atoms with Gasteiger partial charge in [-0.05, 0) is 37.3 Å². The van der Waals surface area contributed by atoms with Crippen LogP contribution in [0.5, 0.6) is 5.88 Å². The van der Waals surface area contributed by atoms with E-state index in [0.29, 0.717) is 16.6 Å². The molecule has 5 aromatic rings. The highest BCUT2D eigenvalue weighted by atomic mass is 19.4. The maximum atomic E-state index is 13.7. The van der Waals surface area contributed by atoms with Crippen molar-refractivity contribution in [2.75, 3.05) is 6.61 Å². The quantitative estimate of drug-likeness (QED) is 0.388. The van der Waals surface area contributed by atoms with Crippen molar-refractivity contribution in [3.8, 4) is 22.7 Å². The van der Waals surface area contributed by atoms with Crippen LogP contribution in [0.3, 0.4) is 0 Å². The van der Waals surface area contributed by atoms with Gasteiger partial charge in [0.25, 0.3) is 5.56 Å². The third-order valence-electron chi connectivity index (χ3n) is 5.30. The number of rotatable bonds is 4. The molecule has 0 bridgehead atoms. The highest BCUT2D eigenvalue weighted by molar-refractivity contribution is 5.93. The van der Waals surface area contributed by atoms with Crippen LogP contribution < -0.4 is 10.3 Å². The molecular formula is C24H18F3N5O2. The molecule has 0 amide bonds. The number of aromatic nitrogens is 5. The van der Waals surface area contributed by atoms with Gasteiger partial charge in [-0.2, -0.15) is 18.3 Å². The molecule has 5 rings (SSSR count). The SMILES string of the molecule is Cc1ccc(-c2c(=O)n(-c3ccc4nn(C)cc4c3)cc3ccc(OCC(F)(F)F)nc23)cn1. The average Bonchev–Trinajstić information content (AvgIpc) is 3.17. The zero-order chi connectivity index (χ0) is 24.0. The van der Waals surface area contributed by atoms with Gasteiger partial charge in [-0.25, -0.2) is 4.98 Å². The van der Waals surface area contributed by atoms with Crippen molar-refractivity contribution < 1.29 is 17.9 Å². The summed E-state index contributed by atoms with van der Waals surface area (Å²) in [6.07, 6.45) is 0.502. The number of halogens is 3. The topological polar surface area (TPSA) is 74.8 Å². The number of alkyl halides is 3. The maximum absolute atomic E-state index is 13.7. The normalized spacial score (nSPS) is 11.9. The van der Waals surface area contributed by atoms with Gasteiger partial charge in [0.05, 0.1) is 16.6 Å². The first kappa shape index (κ1) is 21.6. The van der Waals surface area contributed by atoms with Gasteiger partial charge in [-0.3, -0.25) is 19.0 Å². The number of aryl methyl sites for hydroxylation is 2. The molecule has 0 saturated heterocycles. The van der Waals surface area contributed by atoms with Crippen LogP contribution in [0.1, 0.15) is 5.69 Å². The summed E-state index contributed by atoms with van der Waals surface area (Å²) in [5.41, 5.74) is 2.72. The highest BCUT2D eigenvalue weighted by Gasteiger charge is 2.29. The predicted octanol–water partition coefficient (Wildman–Crippen LogP) is 4.58. The van der Waals surface area contributed by atoms with E-state index in [2.05, 4.69) is 15.1 Å².